The van der Waals surface area contributed by atoms with Gasteiger partial charge in [0.1, 0.15) is 17.5 Å². The van der Waals surface area contributed by atoms with Crippen molar-refractivity contribution in [2.45, 2.75) is 57.8 Å². The number of ether oxygens (including phenoxy) is 3. The molecule has 3 aromatic heterocycles. The van der Waals surface area contributed by atoms with E-state index in [-0.39, 0.29) is 41.8 Å². The molecule has 0 aliphatic heterocycles. The number of aliphatic hydroxyl groups excluding tert-OH is 1. The molecular formula is C31H32F2N4O7. The van der Waals surface area contributed by atoms with Gasteiger partial charge in [0.15, 0.2) is 0 Å². The number of aliphatic carboxylic acids is 1. The third-order valence-corrected chi connectivity index (χ3v) is 7.79. The Morgan fingerprint density at radius 3 is 2.36 bits per heavy atom. The van der Waals surface area contributed by atoms with Crippen LogP contribution in [0.1, 0.15) is 42.6 Å². The number of alkyl halides is 2. The summed E-state index contributed by atoms with van der Waals surface area (Å²) in [5.41, 5.74) is 4.60. The number of esters is 1. The molecule has 232 valence electrons. The Kier molecular flexibility index (Phi) is 9.33. The summed E-state index contributed by atoms with van der Waals surface area (Å²) >= 11 is 0. The number of benzene rings is 1. The predicted octanol–water partition coefficient (Wildman–Crippen LogP) is 4.46. The van der Waals surface area contributed by atoms with Gasteiger partial charge >= 0.3 is 24.6 Å². The zero-order valence-corrected chi connectivity index (χ0v) is 24.1. The van der Waals surface area contributed by atoms with Crippen molar-refractivity contribution in [3.05, 3.63) is 71.9 Å². The summed E-state index contributed by atoms with van der Waals surface area (Å²) in [5, 5.41) is 17.7. The molecule has 11 nitrogen and oxygen atoms in total. The van der Waals surface area contributed by atoms with Gasteiger partial charge in [-0.15, -0.1) is 0 Å². The minimum Gasteiger partial charge on any atom is -0.481 e. The summed E-state index contributed by atoms with van der Waals surface area (Å²) in [6, 6.07) is 10.7. The van der Waals surface area contributed by atoms with Gasteiger partial charge in [0, 0.05) is 47.4 Å². The van der Waals surface area contributed by atoms with Crippen LogP contribution in [-0.2, 0) is 20.7 Å². The van der Waals surface area contributed by atoms with E-state index in [4.69, 9.17) is 14.9 Å². The molecule has 3 heterocycles. The Morgan fingerprint density at radius 2 is 1.73 bits per heavy atom. The van der Waals surface area contributed by atoms with Crippen LogP contribution in [0.25, 0.3) is 16.8 Å². The highest BCUT2D eigenvalue weighted by molar-refractivity contribution is 5.73. The molecule has 0 unspecified atom stereocenters. The SMILES string of the molecule is COC(=O)C1CC(O)C1.Cc1nc2ccc(-c3cnc(OC4CC(C(=O)O)C4)nc3)cn2c1Cc1ccccc1OC(F)F. The van der Waals surface area contributed by atoms with Crippen LogP contribution in [0.3, 0.4) is 0 Å². The first-order valence-electron chi connectivity index (χ1n) is 14.1. The number of carboxylic acids is 1. The number of methoxy groups -OCH3 is 1. The van der Waals surface area contributed by atoms with Crippen LogP contribution in [-0.4, -0.2) is 67.4 Å². The number of nitrogens with zero attached hydrogens (tertiary/aromatic N) is 4. The first-order chi connectivity index (χ1) is 21.1. The monoisotopic (exact) mass is 610 g/mol. The van der Waals surface area contributed by atoms with Crippen LogP contribution in [0.2, 0.25) is 0 Å². The summed E-state index contributed by atoms with van der Waals surface area (Å²) in [4.78, 5) is 34.7. The average Bonchev–Trinajstić information content (AvgIpc) is 3.27. The highest BCUT2D eigenvalue weighted by Crippen LogP contribution is 2.31. The van der Waals surface area contributed by atoms with Gasteiger partial charge in [0.25, 0.3) is 0 Å². The standard InChI is InChI=1S/C25H22F2N4O4.C6H10O3/c1-14-20(10-15-4-2-3-5-21(15)35-24(26)27)31-13-16(6-7-22(31)30-14)18-11-28-25(29-12-18)34-19-8-17(9-19)23(32)33;1-9-6(8)4-2-5(7)3-4/h2-7,11-13,17,19,24H,8-10H2,1H3,(H,32,33);4-5,7H,2-3H2,1H3. The molecule has 0 atom stereocenters. The molecule has 1 aromatic carbocycles. The Labute approximate surface area is 251 Å². The molecule has 0 saturated heterocycles. The Bertz CT molecular complexity index is 1620. The van der Waals surface area contributed by atoms with Crippen molar-refractivity contribution in [1.82, 2.24) is 19.4 Å². The Morgan fingerprint density at radius 1 is 1.02 bits per heavy atom. The second-order valence-electron chi connectivity index (χ2n) is 10.8. The van der Waals surface area contributed by atoms with Crippen LogP contribution >= 0.6 is 0 Å². The highest BCUT2D eigenvalue weighted by Gasteiger charge is 2.36. The van der Waals surface area contributed by atoms with E-state index in [9.17, 15) is 18.4 Å². The summed E-state index contributed by atoms with van der Waals surface area (Å²) in [6.07, 6.45) is 7.15. The molecule has 0 amide bonds. The number of carbonyl (C=O) groups excluding carboxylic acids is 1. The fourth-order valence-electron chi connectivity index (χ4n) is 5.12. The fourth-order valence-corrected chi connectivity index (χ4v) is 5.12. The van der Waals surface area contributed by atoms with Crippen LogP contribution in [0.15, 0.2) is 55.0 Å². The first kappa shape index (κ1) is 30.8. The summed E-state index contributed by atoms with van der Waals surface area (Å²) in [5.74, 6) is -1.27. The van der Waals surface area contributed by atoms with Crippen molar-refractivity contribution >= 4 is 17.6 Å². The first-order valence-corrected chi connectivity index (χ1v) is 14.1. The van der Waals surface area contributed by atoms with Crippen molar-refractivity contribution in [2.24, 2.45) is 11.8 Å². The van der Waals surface area contributed by atoms with Crippen LogP contribution in [0, 0.1) is 18.8 Å². The maximum atomic E-state index is 12.8. The number of aliphatic hydroxyl groups is 1. The Hall–Kier alpha value is -4.65. The molecule has 0 radical (unpaired) electrons. The van der Waals surface area contributed by atoms with Gasteiger partial charge in [-0.05, 0) is 50.8 Å². The molecule has 0 bridgehead atoms. The minimum absolute atomic E-state index is 0.0370. The average molecular weight is 611 g/mol. The fraction of sp³-hybridized carbons (Fsp3) is 0.387. The van der Waals surface area contributed by atoms with Gasteiger partial charge in [0.05, 0.1) is 30.7 Å². The number of hydrogen-bond acceptors (Lipinski definition) is 9. The summed E-state index contributed by atoms with van der Waals surface area (Å²) in [6.45, 7) is -1.02. The van der Waals surface area contributed by atoms with Gasteiger partial charge < -0.3 is 28.8 Å². The van der Waals surface area contributed by atoms with Crippen LogP contribution in [0.4, 0.5) is 8.78 Å². The van der Waals surface area contributed by atoms with Crippen molar-refractivity contribution < 1.29 is 42.8 Å². The van der Waals surface area contributed by atoms with E-state index in [2.05, 4.69) is 24.4 Å². The lowest BCUT2D eigenvalue weighted by atomic mass is 9.82. The van der Waals surface area contributed by atoms with Crippen molar-refractivity contribution in [3.8, 4) is 22.9 Å². The van der Waals surface area contributed by atoms with Gasteiger partial charge in [-0.2, -0.15) is 8.78 Å². The molecule has 6 rings (SSSR count). The number of hydrogen-bond donors (Lipinski definition) is 2. The number of aromatic nitrogens is 4. The number of rotatable bonds is 9. The number of aryl methyl sites for hydroxylation is 1. The number of para-hydroxylation sites is 1. The lowest BCUT2D eigenvalue weighted by Gasteiger charge is -2.31. The molecule has 0 spiro atoms. The molecule has 2 aliphatic rings. The van der Waals surface area contributed by atoms with E-state index in [1.54, 1.807) is 30.6 Å². The lowest BCUT2D eigenvalue weighted by molar-refractivity contribution is -0.152. The third kappa shape index (κ3) is 7.10. The molecule has 2 N–H and O–H groups in total. The normalized spacial score (nSPS) is 20.6. The molecule has 4 aromatic rings. The third-order valence-electron chi connectivity index (χ3n) is 7.79. The molecule has 44 heavy (non-hydrogen) atoms. The van der Waals surface area contributed by atoms with Crippen LogP contribution < -0.4 is 9.47 Å². The van der Waals surface area contributed by atoms with Crippen LogP contribution in [0.5, 0.6) is 11.8 Å². The van der Waals surface area contributed by atoms with E-state index in [1.807, 2.05) is 29.7 Å². The zero-order valence-electron chi connectivity index (χ0n) is 24.1. The van der Waals surface area contributed by atoms with Gasteiger partial charge in [-0.1, -0.05) is 18.2 Å². The molecular weight excluding hydrogens is 578 g/mol. The van der Waals surface area contributed by atoms with E-state index in [0.29, 0.717) is 37.7 Å². The topological polar surface area (TPSA) is 145 Å². The largest absolute Gasteiger partial charge is 0.481 e. The smallest absolute Gasteiger partial charge is 0.387 e. The predicted molar refractivity (Wildman–Crippen MR) is 152 cm³/mol. The quantitative estimate of drug-likeness (QED) is 0.261. The molecule has 13 heteroatoms. The number of fused-ring (bicyclic) bond motifs is 1. The van der Waals surface area contributed by atoms with Crippen molar-refractivity contribution in [2.75, 3.05) is 7.11 Å². The number of pyridine rings is 1. The maximum absolute atomic E-state index is 12.8. The Balaban J connectivity index is 0.000000367. The van der Waals surface area contributed by atoms with E-state index in [1.165, 1.54) is 13.2 Å². The molecule has 2 fully saturated rings. The van der Waals surface area contributed by atoms with Gasteiger partial charge in [-0.25, -0.2) is 15.0 Å². The summed E-state index contributed by atoms with van der Waals surface area (Å²) < 4.78 is 42.4. The summed E-state index contributed by atoms with van der Waals surface area (Å²) in [7, 11) is 1.37. The maximum Gasteiger partial charge on any atom is 0.387 e. The second-order valence-corrected chi connectivity index (χ2v) is 10.8. The number of carboxylic acid groups (broad SMARTS) is 1. The van der Waals surface area contributed by atoms with E-state index < -0.39 is 12.6 Å². The van der Waals surface area contributed by atoms with Crippen molar-refractivity contribution in [3.63, 3.8) is 0 Å². The van der Waals surface area contributed by atoms with Gasteiger partial charge in [-0.3, -0.25) is 9.59 Å². The molecule has 2 aliphatic carbocycles. The van der Waals surface area contributed by atoms with Gasteiger partial charge in [0.2, 0.25) is 0 Å². The van der Waals surface area contributed by atoms with E-state index in [0.717, 1.165) is 28.2 Å². The lowest BCUT2D eigenvalue weighted by Crippen LogP contribution is -2.38. The van der Waals surface area contributed by atoms with E-state index >= 15 is 0 Å². The number of carbonyl (C=O) groups is 2. The minimum atomic E-state index is -2.90. The molecule has 2 saturated carbocycles. The highest BCUT2D eigenvalue weighted by atomic mass is 19.3. The number of imidazole rings is 1. The van der Waals surface area contributed by atoms with Crippen molar-refractivity contribution in [1.29, 1.82) is 0 Å². The number of halogens is 2. The zero-order chi connectivity index (χ0) is 31.4. The second kappa shape index (κ2) is 13.3.